The van der Waals surface area contributed by atoms with Crippen LogP contribution in [0, 0.1) is 5.92 Å². The minimum atomic E-state index is -0.0356. The third-order valence-electron chi connectivity index (χ3n) is 6.37. The Kier molecular flexibility index (Phi) is 6.94. The molecule has 1 aromatic heterocycles. The van der Waals surface area contributed by atoms with Gasteiger partial charge in [-0.25, -0.2) is 0 Å². The van der Waals surface area contributed by atoms with Crippen LogP contribution in [0.25, 0.3) is 11.4 Å². The molecule has 3 aromatic rings. The number of hydrogen-bond donors (Lipinski definition) is 1. The molecule has 2 heterocycles. The summed E-state index contributed by atoms with van der Waals surface area (Å²) in [5.74, 6) is 1.26. The lowest BCUT2D eigenvalue weighted by Crippen LogP contribution is -2.43. The maximum atomic E-state index is 13.0. The van der Waals surface area contributed by atoms with Gasteiger partial charge < -0.3 is 9.84 Å². The Labute approximate surface area is 196 Å². The van der Waals surface area contributed by atoms with Gasteiger partial charge in [0.05, 0.1) is 18.5 Å². The van der Waals surface area contributed by atoms with E-state index in [1.54, 1.807) is 0 Å². The third-order valence-corrected chi connectivity index (χ3v) is 6.37. The number of rotatable bonds is 6. The minimum absolute atomic E-state index is 0.0220. The Bertz CT molecular complexity index is 1050. The zero-order valence-electron chi connectivity index (χ0n) is 20.0. The molecule has 6 heteroatoms. The van der Waals surface area contributed by atoms with E-state index >= 15 is 0 Å². The molecule has 1 N–H and O–H groups in total. The summed E-state index contributed by atoms with van der Waals surface area (Å²) < 4.78 is 5.47. The van der Waals surface area contributed by atoms with Gasteiger partial charge in [-0.2, -0.15) is 4.98 Å². The highest BCUT2D eigenvalue weighted by atomic mass is 16.5. The van der Waals surface area contributed by atoms with Crippen LogP contribution in [-0.4, -0.2) is 34.0 Å². The predicted octanol–water partition coefficient (Wildman–Crippen LogP) is 5.12. The zero-order valence-corrected chi connectivity index (χ0v) is 20.0. The van der Waals surface area contributed by atoms with Crippen LogP contribution in [0.1, 0.15) is 63.6 Å². The first-order valence-electron chi connectivity index (χ1n) is 11.8. The predicted molar refractivity (Wildman–Crippen MR) is 129 cm³/mol. The average molecular weight is 447 g/mol. The molecule has 0 aliphatic carbocycles. The van der Waals surface area contributed by atoms with Crippen molar-refractivity contribution in [1.29, 1.82) is 0 Å². The number of carbonyl (C=O) groups excluding carboxylic acids is 1. The molecule has 0 saturated carbocycles. The summed E-state index contributed by atoms with van der Waals surface area (Å²) in [6, 6.07) is 18.4. The number of carbonyl (C=O) groups is 1. The first kappa shape index (κ1) is 23.2. The molecule has 1 aliphatic rings. The molecule has 1 fully saturated rings. The Balaban J connectivity index is 1.32. The highest BCUT2D eigenvalue weighted by Crippen LogP contribution is 2.25. The van der Waals surface area contributed by atoms with Gasteiger partial charge >= 0.3 is 0 Å². The second-order valence-electron chi connectivity index (χ2n) is 10.1. The monoisotopic (exact) mass is 446 g/mol. The SMILES string of the molecule is CC(NC(=O)C1CCCN(Cc2nc(-c3ccccc3)no2)C1)c1ccc(C(C)(C)C)cc1. The number of piperidine rings is 1. The summed E-state index contributed by atoms with van der Waals surface area (Å²) in [6.07, 6.45) is 1.88. The Morgan fingerprint density at radius 2 is 1.88 bits per heavy atom. The molecule has 4 rings (SSSR count). The van der Waals surface area contributed by atoms with E-state index in [0.29, 0.717) is 24.8 Å². The van der Waals surface area contributed by atoms with Crippen molar-refractivity contribution >= 4 is 5.91 Å². The Hall–Kier alpha value is -2.99. The molecule has 1 amide bonds. The summed E-state index contributed by atoms with van der Waals surface area (Å²) in [6.45, 7) is 10.9. The van der Waals surface area contributed by atoms with Gasteiger partial charge in [-0.15, -0.1) is 0 Å². The Morgan fingerprint density at radius 1 is 1.15 bits per heavy atom. The molecule has 0 spiro atoms. The molecular formula is C27H34N4O2. The van der Waals surface area contributed by atoms with E-state index in [1.165, 1.54) is 5.56 Å². The number of amides is 1. The molecule has 2 unspecified atom stereocenters. The lowest BCUT2D eigenvalue weighted by molar-refractivity contribution is -0.127. The van der Waals surface area contributed by atoms with Gasteiger partial charge in [-0.3, -0.25) is 9.69 Å². The first-order valence-corrected chi connectivity index (χ1v) is 11.8. The van der Waals surface area contributed by atoms with E-state index in [0.717, 1.165) is 30.5 Å². The molecule has 33 heavy (non-hydrogen) atoms. The first-order chi connectivity index (χ1) is 15.8. The van der Waals surface area contributed by atoms with Crippen LogP contribution in [0.3, 0.4) is 0 Å². The van der Waals surface area contributed by atoms with Crippen molar-refractivity contribution in [2.75, 3.05) is 13.1 Å². The number of nitrogens with zero attached hydrogens (tertiary/aromatic N) is 3. The van der Waals surface area contributed by atoms with E-state index < -0.39 is 0 Å². The average Bonchev–Trinajstić information content (AvgIpc) is 3.28. The van der Waals surface area contributed by atoms with Gasteiger partial charge in [-0.1, -0.05) is 80.5 Å². The van der Waals surface area contributed by atoms with Crippen LogP contribution in [0.5, 0.6) is 0 Å². The quantitative estimate of drug-likeness (QED) is 0.569. The number of nitrogens with one attached hydrogen (secondary N) is 1. The number of benzene rings is 2. The maximum Gasteiger partial charge on any atom is 0.241 e. The summed E-state index contributed by atoms with van der Waals surface area (Å²) in [5.41, 5.74) is 3.48. The van der Waals surface area contributed by atoms with Gasteiger partial charge in [0.15, 0.2) is 0 Å². The highest BCUT2D eigenvalue weighted by molar-refractivity contribution is 5.79. The van der Waals surface area contributed by atoms with Gasteiger partial charge in [0, 0.05) is 12.1 Å². The largest absolute Gasteiger partial charge is 0.349 e. The second-order valence-corrected chi connectivity index (χ2v) is 10.1. The van der Waals surface area contributed by atoms with Gasteiger partial charge in [0.25, 0.3) is 0 Å². The van der Waals surface area contributed by atoms with E-state index in [9.17, 15) is 4.79 Å². The molecule has 1 saturated heterocycles. The van der Waals surface area contributed by atoms with Crippen molar-refractivity contribution in [3.05, 3.63) is 71.6 Å². The number of likely N-dealkylation sites (tertiary alicyclic amines) is 1. The van der Waals surface area contributed by atoms with Crippen LogP contribution in [-0.2, 0) is 16.8 Å². The van der Waals surface area contributed by atoms with Crippen LogP contribution in [0.2, 0.25) is 0 Å². The minimum Gasteiger partial charge on any atom is -0.349 e. The van der Waals surface area contributed by atoms with Crippen LogP contribution in [0.4, 0.5) is 0 Å². The molecule has 2 aromatic carbocycles. The van der Waals surface area contributed by atoms with Crippen LogP contribution < -0.4 is 5.32 Å². The number of hydrogen-bond acceptors (Lipinski definition) is 5. The summed E-state index contributed by atoms with van der Waals surface area (Å²) in [4.78, 5) is 19.8. The molecule has 6 nitrogen and oxygen atoms in total. The van der Waals surface area contributed by atoms with Gasteiger partial charge in [-0.05, 0) is 42.9 Å². The van der Waals surface area contributed by atoms with Crippen molar-refractivity contribution in [1.82, 2.24) is 20.4 Å². The molecular weight excluding hydrogens is 412 g/mol. The van der Waals surface area contributed by atoms with Gasteiger partial charge in [0.1, 0.15) is 0 Å². The lowest BCUT2D eigenvalue weighted by atomic mass is 9.86. The normalized spacial score (nSPS) is 18.1. The highest BCUT2D eigenvalue weighted by Gasteiger charge is 2.28. The zero-order chi connectivity index (χ0) is 23.4. The summed E-state index contributed by atoms with van der Waals surface area (Å²) in [7, 11) is 0. The maximum absolute atomic E-state index is 13.0. The standard InChI is InChI=1S/C27H34N4O2/c1-19(20-12-14-23(15-13-20)27(2,3)4)28-26(32)22-11-8-16-31(17-22)18-24-29-25(30-33-24)21-9-6-5-7-10-21/h5-7,9-10,12-15,19,22H,8,11,16-18H2,1-4H3,(H,28,32). The fraction of sp³-hybridized carbons (Fsp3) is 0.444. The molecule has 0 radical (unpaired) electrons. The lowest BCUT2D eigenvalue weighted by Gasteiger charge is -2.31. The van der Waals surface area contributed by atoms with Gasteiger partial charge in [0.2, 0.25) is 17.6 Å². The van der Waals surface area contributed by atoms with Crippen molar-refractivity contribution in [2.24, 2.45) is 5.92 Å². The summed E-state index contributed by atoms with van der Waals surface area (Å²) in [5, 5.41) is 7.33. The van der Waals surface area contributed by atoms with Crippen LogP contribution >= 0.6 is 0 Å². The fourth-order valence-corrected chi connectivity index (χ4v) is 4.31. The molecule has 2 atom stereocenters. The Morgan fingerprint density at radius 3 is 2.58 bits per heavy atom. The van der Waals surface area contributed by atoms with Crippen molar-refractivity contribution in [3.8, 4) is 11.4 Å². The number of aromatic nitrogens is 2. The molecule has 174 valence electrons. The van der Waals surface area contributed by atoms with Crippen molar-refractivity contribution in [2.45, 2.75) is 58.5 Å². The third kappa shape index (κ3) is 5.88. The van der Waals surface area contributed by atoms with Crippen molar-refractivity contribution < 1.29 is 9.32 Å². The smallest absolute Gasteiger partial charge is 0.241 e. The fourth-order valence-electron chi connectivity index (χ4n) is 4.31. The molecule has 0 bridgehead atoms. The topological polar surface area (TPSA) is 71.3 Å². The summed E-state index contributed by atoms with van der Waals surface area (Å²) >= 11 is 0. The van der Waals surface area contributed by atoms with E-state index in [2.05, 4.69) is 65.4 Å². The second kappa shape index (κ2) is 9.87. The van der Waals surface area contributed by atoms with E-state index in [-0.39, 0.29) is 23.3 Å². The van der Waals surface area contributed by atoms with E-state index in [1.807, 2.05) is 37.3 Å². The van der Waals surface area contributed by atoms with E-state index in [4.69, 9.17) is 4.52 Å². The molecule has 1 aliphatic heterocycles. The van der Waals surface area contributed by atoms with Crippen LogP contribution in [0.15, 0.2) is 59.1 Å². The van der Waals surface area contributed by atoms with Crippen molar-refractivity contribution in [3.63, 3.8) is 0 Å².